The highest BCUT2D eigenvalue weighted by atomic mass is 16.5. The minimum atomic E-state index is -0.176. The number of anilines is 1. The number of rotatable bonds is 8. The van der Waals surface area contributed by atoms with Crippen LogP contribution in [0.15, 0.2) is 72.8 Å². The molecule has 1 amide bonds. The summed E-state index contributed by atoms with van der Waals surface area (Å²) in [4.78, 5) is 12.8. The molecule has 0 radical (unpaired) electrons. The zero-order valence-corrected chi connectivity index (χ0v) is 16.3. The van der Waals surface area contributed by atoms with Gasteiger partial charge < -0.3 is 14.8 Å². The van der Waals surface area contributed by atoms with Gasteiger partial charge in [0.1, 0.15) is 0 Å². The van der Waals surface area contributed by atoms with Crippen LogP contribution in [0.4, 0.5) is 5.69 Å². The first-order valence-electron chi connectivity index (χ1n) is 9.54. The van der Waals surface area contributed by atoms with Crippen LogP contribution in [-0.4, -0.2) is 19.1 Å². The van der Waals surface area contributed by atoms with Gasteiger partial charge in [-0.05, 0) is 55.7 Å². The van der Waals surface area contributed by atoms with Gasteiger partial charge in [0.25, 0.3) is 5.91 Å². The molecule has 144 valence electrons. The standard InChI is InChI=1S/C24H25NO3/c1-3-27-22-15-14-20(17-23(22)28-4-2)24(26)25-21-13-9-8-12-19(21)16-18-10-6-5-7-11-18/h5-15,17H,3-4,16H2,1-2H3,(H,25,26). The summed E-state index contributed by atoms with van der Waals surface area (Å²) in [5, 5.41) is 3.03. The molecule has 28 heavy (non-hydrogen) atoms. The Morgan fingerprint density at radius 2 is 1.50 bits per heavy atom. The molecule has 4 heteroatoms. The summed E-state index contributed by atoms with van der Waals surface area (Å²) in [6.45, 7) is 4.87. The van der Waals surface area contributed by atoms with Crippen LogP contribution < -0.4 is 14.8 Å². The van der Waals surface area contributed by atoms with E-state index >= 15 is 0 Å². The molecule has 3 aromatic rings. The molecule has 0 fully saturated rings. The molecular formula is C24H25NO3. The first-order valence-corrected chi connectivity index (χ1v) is 9.54. The van der Waals surface area contributed by atoms with E-state index in [9.17, 15) is 4.79 Å². The number of ether oxygens (including phenoxy) is 2. The second-order valence-corrected chi connectivity index (χ2v) is 6.30. The number of hydrogen-bond donors (Lipinski definition) is 1. The summed E-state index contributed by atoms with van der Waals surface area (Å²) in [5.41, 5.74) is 3.60. The fourth-order valence-electron chi connectivity index (χ4n) is 3.00. The van der Waals surface area contributed by atoms with Crippen LogP contribution in [0, 0.1) is 0 Å². The van der Waals surface area contributed by atoms with Crippen molar-refractivity contribution in [1.82, 2.24) is 0 Å². The summed E-state index contributed by atoms with van der Waals surface area (Å²) in [6, 6.07) is 23.3. The third-order valence-electron chi connectivity index (χ3n) is 4.31. The van der Waals surface area contributed by atoms with Gasteiger partial charge in [0.05, 0.1) is 13.2 Å². The Kier molecular flexibility index (Phi) is 6.68. The largest absolute Gasteiger partial charge is 0.490 e. The van der Waals surface area contributed by atoms with E-state index in [1.807, 2.05) is 56.3 Å². The average Bonchev–Trinajstić information content (AvgIpc) is 2.72. The fraction of sp³-hybridized carbons (Fsp3) is 0.208. The summed E-state index contributed by atoms with van der Waals surface area (Å²) in [6.07, 6.45) is 0.755. The number of para-hydroxylation sites is 1. The van der Waals surface area contributed by atoms with Gasteiger partial charge in [-0.1, -0.05) is 48.5 Å². The molecule has 0 aliphatic carbocycles. The summed E-state index contributed by atoms with van der Waals surface area (Å²) >= 11 is 0. The molecule has 0 aromatic heterocycles. The summed E-state index contributed by atoms with van der Waals surface area (Å²) < 4.78 is 11.2. The van der Waals surface area contributed by atoms with E-state index in [1.165, 1.54) is 5.56 Å². The molecular weight excluding hydrogens is 350 g/mol. The molecule has 0 aliphatic rings. The van der Waals surface area contributed by atoms with Crippen molar-refractivity contribution in [3.05, 3.63) is 89.5 Å². The maximum atomic E-state index is 12.8. The first kappa shape index (κ1) is 19.5. The molecule has 0 saturated carbocycles. The van der Waals surface area contributed by atoms with Gasteiger partial charge in [-0.25, -0.2) is 0 Å². The Morgan fingerprint density at radius 1 is 0.821 bits per heavy atom. The third kappa shape index (κ3) is 4.92. The second-order valence-electron chi connectivity index (χ2n) is 6.30. The minimum Gasteiger partial charge on any atom is -0.490 e. The Morgan fingerprint density at radius 3 is 2.25 bits per heavy atom. The average molecular weight is 375 g/mol. The van der Waals surface area contributed by atoms with Crippen molar-refractivity contribution in [3.63, 3.8) is 0 Å². The summed E-state index contributed by atoms with van der Waals surface area (Å²) in [7, 11) is 0. The number of benzene rings is 3. The number of carbonyl (C=O) groups is 1. The van der Waals surface area contributed by atoms with Gasteiger partial charge in [0.15, 0.2) is 11.5 Å². The Bertz CT molecular complexity index is 922. The van der Waals surface area contributed by atoms with Crippen LogP contribution in [0.5, 0.6) is 11.5 Å². The molecule has 3 aromatic carbocycles. The SMILES string of the molecule is CCOc1ccc(C(=O)Nc2ccccc2Cc2ccccc2)cc1OCC. The van der Waals surface area contributed by atoms with E-state index < -0.39 is 0 Å². The zero-order chi connectivity index (χ0) is 19.8. The predicted molar refractivity (Wildman–Crippen MR) is 112 cm³/mol. The number of amides is 1. The lowest BCUT2D eigenvalue weighted by Gasteiger charge is -2.14. The van der Waals surface area contributed by atoms with Crippen molar-refractivity contribution in [1.29, 1.82) is 0 Å². The van der Waals surface area contributed by atoms with Crippen molar-refractivity contribution in [3.8, 4) is 11.5 Å². The van der Waals surface area contributed by atoms with Crippen molar-refractivity contribution < 1.29 is 14.3 Å². The second kappa shape index (κ2) is 9.60. The number of carbonyl (C=O) groups excluding carboxylic acids is 1. The molecule has 1 N–H and O–H groups in total. The minimum absolute atomic E-state index is 0.176. The van der Waals surface area contributed by atoms with Gasteiger partial charge in [-0.3, -0.25) is 4.79 Å². The maximum absolute atomic E-state index is 12.8. The molecule has 0 spiro atoms. The highest BCUT2D eigenvalue weighted by Gasteiger charge is 2.13. The Hall–Kier alpha value is -3.27. The van der Waals surface area contributed by atoms with Crippen LogP contribution >= 0.6 is 0 Å². The predicted octanol–water partition coefficient (Wildman–Crippen LogP) is 5.33. The normalized spacial score (nSPS) is 10.4. The molecule has 0 heterocycles. The van der Waals surface area contributed by atoms with E-state index in [0.717, 1.165) is 17.7 Å². The van der Waals surface area contributed by atoms with Crippen molar-refractivity contribution in [2.45, 2.75) is 20.3 Å². The summed E-state index contributed by atoms with van der Waals surface area (Å²) in [5.74, 6) is 1.05. The maximum Gasteiger partial charge on any atom is 0.255 e. The third-order valence-corrected chi connectivity index (χ3v) is 4.31. The monoisotopic (exact) mass is 375 g/mol. The zero-order valence-electron chi connectivity index (χ0n) is 16.3. The lowest BCUT2D eigenvalue weighted by molar-refractivity contribution is 0.102. The topological polar surface area (TPSA) is 47.6 Å². The van der Waals surface area contributed by atoms with Gasteiger partial charge in [0.2, 0.25) is 0 Å². The van der Waals surface area contributed by atoms with Gasteiger partial charge in [0, 0.05) is 11.3 Å². The number of hydrogen-bond acceptors (Lipinski definition) is 3. The van der Waals surface area contributed by atoms with Gasteiger partial charge in [-0.15, -0.1) is 0 Å². The lowest BCUT2D eigenvalue weighted by atomic mass is 10.0. The molecule has 0 bridgehead atoms. The van der Waals surface area contributed by atoms with E-state index in [0.29, 0.717) is 30.3 Å². The van der Waals surface area contributed by atoms with Crippen molar-refractivity contribution in [2.24, 2.45) is 0 Å². The lowest BCUT2D eigenvalue weighted by Crippen LogP contribution is -2.14. The Labute approximate surface area is 166 Å². The number of nitrogens with one attached hydrogen (secondary N) is 1. The smallest absolute Gasteiger partial charge is 0.255 e. The fourth-order valence-corrected chi connectivity index (χ4v) is 3.00. The van der Waals surface area contributed by atoms with Crippen LogP contribution in [0.25, 0.3) is 0 Å². The highest BCUT2D eigenvalue weighted by Crippen LogP contribution is 2.29. The highest BCUT2D eigenvalue weighted by molar-refractivity contribution is 6.05. The molecule has 0 atom stereocenters. The van der Waals surface area contributed by atoms with Crippen molar-refractivity contribution >= 4 is 11.6 Å². The Balaban J connectivity index is 1.80. The molecule has 3 rings (SSSR count). The molecule has 0 unspecified atom stereocenters. The first-order chi connectivity index (χ1) is 13.7. The quantitative estimate of drug-likeness (QED) is 0.579. The van der Waals surface area contributed by atoms with Crippen LogP contribution in [0.3, 0.4) is 0 Å². The molecule has 0 aliphatic heterocycles. The van der Waals surface area contributed by atoms with Gasteiger partial charge in [-0.2, -0.15) is 0 Å². The van der Waals surface area contributed by atoms with Crippen LogP contribution in [0.1, 0.15) is 35.3 Å². The van der Waals surface area contributed by atoms with Crippen molar-refractivity contribution in [2.75, 3.05) is 18.5 Å². The van der Waals surface area contributed by atoms with Crippen LogP contribution in [-0.2, 0) is 6.42 Å². The van der Waals surface area contributed by atoms with Crippen LogP contribution in [0.2, 0.25) is 0 Å². The van der Waals surface area contributed by atoms with E-state index in [4.69, 9.17) is 9.47 Å². The van der Waals surface area contributed by atoms with E-state index in [-0.39, 0.29) is 5.91 Å². The van der Waals surface area contributed by atoms with E-state index in [1.54, 1.807) is 18.2 Å². The van der Waals surface area contributed by atoms with E-state index in [2.05, 4.69) is 17.4 Å². The van der Waals surface area contributed by atoms with Gasteiger partial charge >= 0.3 is 0 Å². The molecule has 0 saturated heterocycles. The molecule has 4 nitrogen and oxygen atoms in total.